The molecule has 2 rings (SSSR count). The molecule has 4 N–H and O–H groups in total. The van der Waals surface area contributed by atoms with Crippen molar-refractivity contribution in [2.75, 3.05) is 20.3 Å². The van der Waals surface area contributed by atoms with Crippen LogP contribution in [0.5, 0.6) is 11.5 Å². The summed E-state index contributed by atoms with van der Waals surface area (Å²) in [6.45, 7) is 6.17. The highest BCUT2D eigenvalue weighted by Gasteiger charge is 2.31. The highest BCUT2D eigenvalue weighted by atomic mass is 16.6. The third-order valence-corrected chi connectivity index (χ3v) is 4.97. The van der Waals surface area contributed by atoms with E-state index in [1.807, 2.05) is 36.4 Å². The van der Waals surface area contributed by atoms with Gasteiger partial charge in [0.1, 0.15) is 6.61 Å². The number of aryl methyl sites for hydroxylation is 1. The number of nitrogens with two attached hydrogens (primary N) is 2. The number of hydrogen-bond acceptors (Lipinski definition) is 6. The molecule has 2 amide bonds. The first kappa shape index (κ1) is 26.0. The van der Waals surface area contributed by atoms with E-state index in [1.165, 1.54) is 12.0 Å². The summed E-state index contributed by atoms with van der Waals surface area (Å²) in [6, 6.07) is 14.4. The van der Waals surface area contributed by atoms with Gasteiger partial charge in [0.15, 0.2) is 17.7 Å². The molecule has 180 valence electrons. The average molecular weight is 458 g/mol. The van der Waals surface area contributed by atoms with Crippen molar-refractivity contribution >= 4 is 12.0 Å². The van der Waals surface area contributed by atoms with Crippen LogP contribution in [0.15, 0.2) is 48.5 Å². The highest BCUT2D eigenvalue weighted by Crippen LogP contribution is 2.29. The number of methoxy groups -OCH3 is 1. The first-order valence-electron chi connectivity index (χ1n) is 11.0. The Morgan fingerprint density at radius 2 is 1.73 bits per heavy atom. The van der Waals surface area contributed by atoms with Gasteiger partial charge in [0.05, 0.1) is 19.1 Å². The van der Waals surface area contributed by atoms with Gasteiger partial charge in [-0.3, -0.25) is 9.69 Å². The van der Waals surface area contributed by atoms with E-state index in [2.05, 4.69) is 0 Å². The maximum atomic E-state index is 12.7. The van der Waals surface area contributed by atoms with Gasteiger partial charge >= 0.3 is 12.0 Å². The molecular weight excluding hydrogens is 422 g/mol. The van der Waals surface area contributed by atoms with Gasteiger partial charge in [0, 0.05) is 13.0 Å². The minimum atomic E-state index is -0.825. The Balaban J connectivity index is 2.27. The zero-order chi connectivity index (χ0) is 24.4. The molecular formula is C25H35N3O5. The van der Waals surface area contributed by atoms with Crippen LogP contribution in [0.1, 0.15) is 38.3 Å². The van der Waals surface area contributed by atoms with Crippen molar-refractivity contribution in [2.45, 2.75) is 46.4 Å². The van der Waals surface area contributed by atoms with Gasteiger partial charge in [-0.25, -0.2) is 4.79 Å². The predicted molar refractivity (Wildman–Crippen MR) is 127 cm³/mol. The Labute approximate surface area is 195 Å². The number of nitrogens with zero attached hydrogens (tertiary/aromatic N) is 1. The van der Waals surface area contributed by atoms with Gasteiger partial charge in [0.25, 0.3) is 0 Å². The molecule has 0 aromatic heterocycles. The molecule has 0 aliphatic rings. The summed E-state index contributed by atoms with van der Waals surface area (Å²) in [5.74, 6) is 0.657. The largest absolute Gasteiger partial charge is 0.493 e. The van der Waals surface area contributed by atoms with E-state index in [1.54, 1.807) is 32.9 Å². The molecule has 33 heavy (non-hydrogen) atoms. The van der Waals surface area contributed by atoms with E-state index in [0.29, 0.717) is 37.5 Å². The van der Waals surface area contributed by atoms with Crippen LogP contribution in [0.25, 0.3) is 0 Å². The van der Waals surface area contributed by atoms with Crippen molar-refractivity contribution in [2.24, 2.45) is 16.9 Å². The van der Waals surface area contributed by atoms with Gasteiger partial charge in [-0.2, -0.15) is 0 Å². The first-order valence-corrected chi connectivity index (χ1v) is 11.0. The maximum absolute atomic E-state index is 12.7. The van der Waals surface area contributed by atoms with Gasteiger partial charge in [0.2, 0.25) is 0 Å². The molecule has 0 spiro atoms. The van der Waals surface area contributed by atoms with E-state index < -0.39 is 23.6 Å². The molecule has 1 unspecified atom stereocenters. The lowest BCUT2D eigenvalue weighted by molar-refractivity contribution is -0.167. The lowest BCUT2D eigenvalue weighted by Crippen LogP contribution is -2.46. The lowest BCUT2D eigenvalue weighted by Gasteiger charge is -2.32. The molecule has 8 heteroatoms. The number of urea groups is 1. The molecule has 0 saturated heterocycles. The Kier molecular flexibility index (Phi) is 9.54. The molecule has 2 aromatic carbocycles. The quantitative estimate of drug-likeness (QED) is 0.394. The summed E-state index contributed by atoms with van der Waals surface area (Å²) >= 11 is 0. The van der Waals surface area contributed by atoms with E-state index in [9.17, 15) is 9.59 Å². The minimum Gasteiger partial charge on any atom is -0.493 e. The standard InChI is InChI=1S/C25H35N3O5/c1-25(2,3)23(29)33-22(13-11-18-8-6-5-7-9-18)28(24(27)30)17-19-10-12-20(32-15-14-26)21(16-19)31-4/h5-10,12,16,22H,11,13-15,17,26H2,1-4H3,(H2,27,30). The second-order valence-electron chi connectivity index (χ2n) is 8.72. The van der Waals surface area contributed by atoms with Crippen molar-refractivity contribution in [3.8, 4) is 11.5 Å². The number of esters is 1. The number of primary amides is 1. The Morgan fingerprint density at radius 3 is 2.30 bits per heavy atom. The number of rotatable bonds is 11. The van der Waals surface area contributed by atoms with Gasteiger partial charge in [-0.05, 0) is 50.5 Å². The van der Waals surface area contributed by atoms with Crippen LogP contribution in [0.3, 0.4) is 0 Å². The average Bonchev–Trinajstić information content (AvgIpc) is 2.79. The predicted octanol–water partition coefficient (Wildman–Crippen LogP) is 3.46. The van der Waals surface area contributed by atoms with E-state index in [0.717, 1.165) is 11.1 Å². The van der Waals surface area contributed by atoms with Crippen molar-refractivity contribution in [1.29, 1.82) is 0 Å². The fraction of sp³-hybridized carbons (Fsp3) is 0.440. The molecule has 0 heterocycles. The van der Waals surface area contributed by atoms with Crippen LogP contribution in [0.2, 0.25) is 0 Å². The van der Waals surface area contributed by atoms with Gasteiger partial charge < -0.3 is 25.7 Å². The maximum Gasteiger partial charge on any atom is 0.317 e. The molecule has 0 bridgehead atoms. The first-order chi connectivity index (χ1) is 15.7. The second kappa shape index (κ2) is 12.1. The third-order valence-electron chi connectivity index (χ3n) is 4.97. The number of ether oxygens (including phenoxy) is 3. The van der Waals surface area contributed by atoms with Crippen molar-refractivity contribution in [3.05, 3.63) is 59.7 Å². The second-order valence-corrected chi connectivity index (χ2v) is 8.72. The monoisotopic (exact) mass is 457 g/mol. The molecule has 8 nitrogen and oxygen atoms in total. The van der Waals surface area contributed by atoms with Crippen LogP contribution < -0.4 is 20.9 Å². The smallest absolute Gasteiger partial charge is 0.317 e. The van der Waals surface area contributed by atoms with Gasteiger partial charge in [-0.1, -0.05) is 36.4 Å². The van der Waals surface area contributed by atoms with Crippen LogP contribution in [-0.4, -0.2) is 43.4 Å². The fourth-order valence-electron chi connectivity index (χ4n) is 3.13. The summed E-state index contributed by atoms with van der Waals surface area (Å²) in [7, 11) is 1.54. The zero-order valence-corrected chi connectivity index (χ0v) is 19.9. The Bertz CT molecular complexity index is 912. The summed E-state index contributed by atoms with van der Waals surface area (Å²) < 4.78 is 16.8. The Hall–Kier alpha value is -3.26. The summed E-state index contributed by atoms with van der Waals surface area (Å²) in [5.41, 5.74) is 12.3. The lowest BCUT2D eigenvalue weighted by atomic mass is 9.97. The molecule has 0 radical (unpaired) electrons. The molecule has 0 aliphatic heterocycles. The van der Waals surface area contributed by atoms with Crippen molar-refractivity contribution in [3.63, 3.8) is 0 Å². The van der Waals surface area contributed by atoms with Crippen LogP contribution in [0, 0.1) is 5.41 Å². The molecule has 0 fully saturated rings. The highest BCUT2D eigenvalue weighted by molar-refractivity contribution is 5.76. The number of carbonyl (C=O) groups is 2. The molecule has 0 saturated carbocycles. The molecule has 0 aliphatic carbocycles. The minimum absolute atomic E-state index is 0.139. The Morgan fingerprint density at radius 1 is 1.03 bits per heavy atom. The van der Waals surface area contributed by atoms with Crippen molar-refractivity contribution in [1.82, 2.24) is 4.90 Å². The summed E-state index contributed by atoms with van der Waals surface area (Å²) in [5, 5.41) is 0. The van der Waals surface area contributed by atoms with E-state index in [4.69, 9.17) is 25.7 Å². The number of carbonyl (C=O) groups excluding carboxylic acids is 2. The third kappa shape index (κ3) is 7.98. The molecule has 2 aromatic rings. The molecule has 1 atom stereocenters. The summed E-state index contributed by atoms with van der Waals surface area (Å²) in [4.78, 5) is 26.5. The zero-order valence-electron chi connectivity index (χ0n) is 19.9. The van der Waals surface area contributed by atoms with Crippen molar-refractivity contribution < 1.29 is 23.8 Å². The van der Waals surface area contributed by atoms with Crippen LogP contribution in [-0.2, 0) is 22.5 Å². The fourth-order valence-corrected chi connectivity index (χ4v) is 3.13. The number of hydrogen-bond donors (Lipinski definition) is 2. The SMILES string of the molecule is COc1cc(CN(C(N)=O)C(CCc2ccccc2)OC(=O)C(C)(C)C)ccc1OCCN. The summed E-state index contributed by atoms with van der Waals surface area (Å²) in [6.07, 6.45) is 0.194. The van der Waals surface area contributed by atoms with E-state index >= 15 is 0 Å². The normalized spacial score (nSPS) is 12.0. The van der Waals surface area contributed by atoms with Gasteiger partial charge in [-0.15, -0.1) is 0 Å². The topological polar surface area (TPSA) is 117 Å². The van der Waals surface area contributed by atoms with Crippen LogP contribution in [0.4, 0.5) is 4.79 Å². The number of amides is 2. The van der Waals surface area contributed by atoms with E-state index in [-0.39, 0.29) is 6.54 Å². The van der Waals surface area contributed by atoms with Crippen LogP contribution >= 0.6 is 0 Å². The number of benzene rings is 2.